The maximum Gasteiger partial charge on any atom is 0.129 e. The standard InChI is InChI=1S/C36H45NO/c1-3-10-26(11-4-1)28-18-22-30(23-19-28)37(31-24-20-29(21-25-31)27-12-5-2-6-13-27)33-15-9-17-35-36(33)32-14-7-8-16-34(32)38-35/h1,3-4,9-11,15,17,20-21,24,27-28,30-31,35-36H,2,5-8,12-14,16,18-19,22-23,25H2. The Hall–Kier alpha value is -2.48. The van der Waals surface area contributed by atoms with Crippen molar-refractivity contribution in [3.05, 3.63) is 95.0 Å². The summed E-state index contributed by atoms with van der Waals surface area (Å²) in [4.78, 5) is 2.90. The zero-order chi connectivity index (χ0) is 25.3. The molecule has 0 spiro atoms. The summed E-state index contributed by atoms with van der Waals surface area (Å²) in [5.74, 6) is 3.27. The second kappa shape index (κ2) is 10.9. The van der Waals surface area contributed by atoms with Crippen LogP contribution in [0.2, 0.25) is 0 Å². The molecule has 5 aliphatic carbocycles. The van der Waals surface area contributed by atoms with Crippen LogP contribution in [0.4, 0.5) is 0 Å². The van der Waals surface area contributed by atoms with Crippen LogP contribution in [0.15, 0.2) is 89.4 Å². The third kappa shape index (κ3) is 4.74. The van der Waals surface area contributed by atoms with Crippen LogP contribution in [0.25, 0.3) is 0 Å². The first-order valence-electron chi connectivity index (χ1n) is 15.8. The third-order valence-corrected chi connectivity index (χ3v) is 10.5. The van der Waals surface area contributed by atoms with Crippen molar-refractivity contribution in [1.82, 2.24) is 4.90 Å². The summed E-state index contributed by atoms with van der Waals surface area (Å²) in [5, 5.41) is 0. The molecule has 1 aromatic carbocycles. The lowest BCUT2D eigenvalue weighted by atomic mass is 9.77. The van der Waals surface area contributed by atoms with E-state index in [0.717, 1.165) is 18.8 Å². The van der Waals surface area contributed by atoms with E-state index in [1.54, 1.807) is 16.8 Å². The summed E-state index contributed by atoms with van der Waals surface area (Å²) in [6, 6.07) is 12.3. The Labute approximate surface area is 230 Å². The summed E-state index contributed by atoms with van der Waals surface area (Å²) in [6.07, 6.45) is 33.4. The highest BCUT2D eigenvalue weighted by molar-refractivity contribution is 5.40. The Kier molecular flexibility index (Phi) is 7.07. The first-order valence-corrected chi connectivity index (χ1v) is 15.8. The lowest BCUT2D eigenvalue weighted by Gasteiger charge is -2.47. The maximum absolute atomic E-state index is 6.59. The van der Waals surface area contributed by atoms with Crippen molar-refractivity contribution in [2.75, 3.05) is 0 Å². The number of rotatable bonds is 5. The molecule has 1 aliphatic heterocycles. The van der Waals surface area contributed by atoms with Crippen molar-refractivity contribution in [3.63, 3.8) is 0 Å². The van der Waals surface area contributed by atoms with Crippen molar-refractivity contribution in [2.45, 2.75) is 114 Å². The second-order valence-electron chi connectivity index (χ2n) is 12.7. The highest BCUT2D eigenvalue weighted by Crippen LogP contribution is 2.48. The van der Waals surface area contributed by atoms with Crippen LogP contribution in [0.1, 0.15) is 101 Å². The highest BCUT2D eigenvalue weighted by atomic mass is 16.5. The number of hydrogen-bond acceptors (Lipinski definition) is 2. The number of fused-ring (bicyclic) bond motifs is 2. The minimum atomic E-state index is 0.210. The monoisotopic (exact) mass is 507 g/mol. The fourth-order valence-corrected chi connectivity index (χ4v) is 8.56. The van der Waals surface area contributed by atoms with Crippen molar-refractivity contribution in [1.29, 1.82) is 0 Å². The van der Waals surface area contributed by atoms with E-state index in [-0.39, 0.29) is 6.10 Å². The first kappa shape index (κ1) is 24.6. The number of ether oxygens (including phenoxy) is 1. The smallest absolute Gasteiger partial charge is 0.129 e. The molecular weight excluding hydrogens is 462 g/mol. The van der Waals surface area contributed by atoms with E-state index in [1.165, 1.54) is 88.4 Å². The van der Waals surface area contributed by atoms with Gasteiger partial charge in [-0.1, -0.05) is 73.9 Å². The molecule has 0 N–H and O–H groups in total. The molecular formula is C36H45NO. The Morgan fingerprint density at radius 2 is 1.58 bits per heavy atom. The van der Waals surface area contributed by atoms with Gasteiger partial charge in [0, 0.05) is 18.2 Å². The zero-order valence-electron chi connectivity index (χ0n) is 23.1. The van der Waals surface area contributed by atoms with Crippen LogP contribution in [0.5, 0.6) is 0 Å². The summed E-state index contributed by atoms with van der Waals surface area (Å²) in [6.45, 7) is 0. The molecule has 2 fully saturated rings. The van der Waals surface area contributed by atoms with Crippen LogP contribution < -0.4 is 0 Å². The predicted molar refractivity (Wildman–Crippen MR) is 157 cm³/mol. The van der Waals surface area contributed by atoms with Crippen LogP contribution in [0, 0.1) is 11.8 Å². The van der Waals surface area contributed by atoms with Gasteiger partial charge in [-0.25, -0.2) is 0 Å². The zero-order valence-corrected chi connectivity index (χ0v) is 23.1. The van der Waals surface area contributed by atoms with Gasteiger partial charge in [0.05, 0.1) is 17.7 Å². The van der Waals surface area contributed by atoms with E-state index in [4.69, 9.17) is 4.74 Å². The summed E-state index contributed by atoms with van der Waals surface area (Å²) in [7, 11) is 0. The van der Waals surface area contributed by atoms with Crippen molar-refractivity contribution < 1.29 is 4.74 Å². The van der Waals surface area contributed by atoms with E-state index in [1.807, 2.05) is 0 Å². The molecule has 2 heteroatoms. The van der Waals surface area contributed by atoms with Gasteiger partial charge in [-0.15, -0.1) is 0 Å². The van der Waals surface area contributed by atoms with Crippen LogP contribution in [-0.4, -0.2) is 23.1 Å². The molecule has 2 saturated carbocycles. The van der Waals surface area contributed by atoms with Crippen LogP contribution in [-0.2, 0) is 4.74 Å². The predicted octanol–water partition coefficient (Wildman–Crippen LogP) is 9.15. The minimum Gasteiger partial charge on any atom is -0.490 e. The number of allylic oxidation sites excluding steroid dienone is 5. The van der Waals surface area contributed by atoms with E-state index >= 15 is 0 Å². The Bertz CT molecular complexity index is 1140. The van der Waals surface area contributed by atoms with E-state index in [9.17, 15) is 0 Å². The lowest BCUT2D eigenvalue weighted by Crippen LogP contribution is -2.47. The molecule has 0 radical (unpaired) electrons. The Morgan fingerprint density at radius 1 is 0.763 bits per heavy atom. The summed E-state index contributed by atoms with van der Waals surface area (Å²) < 4.78 is 6.59. The molecule has 2 nitrogen and oxygen atoms in total. The van der Waals surface area contributed by atoms with Gasteiger partial charge < -0.3 is 9.64 Å². The molecule has 6 aliphatic rings. The minimum absolute atomic E-state index is 0.210. The second-order valence-corrected chi connectivity index (χ2v) is 12.7. The Balaban J connectivity index is 1.16. The summed E-state index contributed by atoms with van der Waals surface area (Å²) >= 11 is 0. The topological polar surface area (TPSA) is 12.5 Å². The van der Waals surface area contributed by atoms with E-state index in [0.29, 0.717) is 23.9 Å². The maximum atomic E-state index is 6.59. The molecule has 7 rings (SSSR count). The van der Waals surface area contributed by atoms with Crippen molar-refractivity contribution >= 4 is 0 Å². The molecule has 0 amide bonds. The largest absolute Gasteiger partial charge is 0.490 e. The molecule has 1 heterocycles. The molecule has 3 unspecified atom stereocenters. The summed E-state index contributed by atoms with van der Waals surface area (Å²) in [5.41, 5.74) is 6.34. The highest BCUT2D eigenvalue weighted by Gasteiger charge is 2.44. The van der Waals surface area contributed by atoms with Crippen LogP contribution >= 0.6 is 0 Å². The van der Waals surface area contributed by atoms with Gasteiger partial charge in [-0.2, -0.15) is 0 Å². The van der Waals surface area contributed by atoms with Gasteiger partial charge in [-0.3, -0.25) is 0 Å². The molecule has 0 bridgehead atoms. The average Bonchev–Trinajstić information content (AvgIpc) is 3.38. The third-order valence-electron chi connectivity index (χ3n) is 10.5. The van der Waals surface area contributed by atoms with Gasteiger partial charge in [0.1, 0.15) is 6.10 Å². The van der Waals surface area contributed by atoms with Gasteiger partial charge in [0.25, 0.3) is 0 Å². The Morgan fingerprint density at radius 3 is 2.37 bits per heavy atom. The molecule has 3 atom stereocenters. The van der Waals surface area contributed by atoms with Gasteiger partial charge in [0.15, 0.2) is 0 Å². The van der Waals surface area contributed by atoms with Gasteiger partial charge >= 0.3 is 0 Å². The fourth-order valence-electron chi connectivity index (χ4n) is 8.56. The van der Waals surface area contributed by atoms with Crippen LogP contribution in [0.3, 0.4) is 0 Å². The number of nitrogens with zero attached hydrogens (tertiary/aromatic N) is 1. The SMILES string of the molecule is C1=CC2OC3=C(CCCC3)C2C(N(C2C=CC(C3CCCCC3)=CC2)C2CCC(c3ccccc3)CC2)=C1. The fraction of sp³-hybridized carbons (Fsp3) is 0.556. The van der Waals surface area contributed by atoms with E-state index in [2.05, 4.69) is 71.7 Å². The quantitative estimate of drug-likeness (QED) is 0.394. The first-order chi connectivity index (χ1) is 18.8. The van der Waals surface area contributed by atoms with Gasteiger partial charge in [-0.05, 0) is 105 Å². The molecule has 0 aromatic heterocycles. The molecule has 1 aromatic rings. The number of benzene rings is 1. The molecule has 200 valence electrons. The van der Waals surface area contributed by atoms with Crippen molar-refractivity contribution in [2.24, 2.45) is 11.8 Å². The lowest BCUT2D eigenvalue weighted by molar-refractivity contribution is 0.111. The number of hydrogen-bond donors (Lipinski definition) is 0. The van der Waals surface area contributed by atoms with Gasteiger partial charge in [0.2, 0.25) is 0 Å². The molecule has 0 saturated heterocycles. The average molecular weight is 508 g/mol. The van der Waals surface area contributed by atoms with E-state index < -0.39 is 0 Å². The normalized spacial score (nSPS) is 33.2. The molecule has 38 heavy (non-hydrogen) atoms. The van der Waals surface area contributed by atoms with Crippen molar-refractivity contribution in [3.8, 4) is 0 Å².